The lowest BCUT2D eigenvalue weighted by molar-refractivity contribution is 0.267. The predicted octanol–water partition coefficient (Wildman–Crippen LogP) is 2.79. The molecule has 0 spiro atoms. The molecule has 0 aliphatic heterocycles. The number of nitrogens with zero attached hydrogens (tertiary/aromatic N) is 3. The molecule has 0 radical (unpaired) electrons. The Morgan fingerprint density at radius 2 is 2.23 bits per heavy atom. The SMILES string of the molecule is [N-]=[N+]=NC(CO)c1ccccc1Br. The molecule has 0 aliphatic carbocycles. The van der Waals surface area contributed by atoms with Crippen molar-refractivity contribution in [3.63, 3.8) is 0 Å². The molecule has 0 fully saturated rings. The Labute approximate surface area is 84.0 Å². The average molecular weight is 242 g/mol. The topological polar surface area (TPSA) is 69.0 Å². The van der Waals surface area contributed by atoms with Crippen LogP contribution in [0.1, 0.15) is 11.6 Å². The quantitative estimate of drug-likeness (QED) is 0.494. The summed E-state index contributed by atoms with van der Waals surface area (Å²) in [6, 6.07) is 6.82. The maximum absolute atomic E-state index is 8.95. The number of aliphatic hydroxyl groups excluding tert-OH is 1. The minimum Gasteiger partial charge on any atom is -0.396 e. The summed E-state index contributed by atoms with van der Waals surface area (Å²) in [5.74, 6) is 0. The monoisotopic (exact) mass is 241 g/mol. The third kappa shape index (κ3) is 2.45. The number of halogens is 1. The van der Waals surface area contributed by atoms with Gasteiger partial charge >= 0.3 is 0 Å². The van der Waals surface area contributed by atoms with Crippen molar-refractivity contribution in [3.8, 4) is 0 Å². The standard InChI is InChI=1S/C8H8BrN3O/c9-7-4-2-1-3-6(7)8(5-13)11-12-10/h1-4,8,13H,5H2. The van der Waals surface area contributed by atoms with Crippen molar-refractivity contribution < 1.29 is 5.11 Å². The van der Waals surface area contributed by atoms with Crippen LogP contribution in [0.15, 0.2) is 33.9 Å². The van der Waals surface area contributed by atoms with Gasteiger partial charge in [-0.05, 0) is 17.2 Å². The molecule has 0 saturated carbocycles. The molecule has 0 bridgehead atoms. The van der Waals surface area contributed by atoms with Crippen LogP contribution >= 0.6 is 15.9 Å². The lowest BCUT2D eigenvalue weighted by Crippen LogP contribution is -2.00. The molecule has 1 N–H and O–H groups in total. The molecule has 0 aromatic heterocycles. The van der Waals surface area contributed by atoms with Crippen LogP contribution in [0.3, 0.4) is 0 Å². The van der Waals surface area contributed by atoms with Crippen LogP contribution in [-0.2, 0) is 0 Å². The lowest BCUT2D eigenvalue weighted by atomic mass is 10.1. The summed E-state index contributed by atoms with van der Waals surface area (Å²) in [7, 11) is 0. The highest BCUT2D eigenvalue weighted by Gasteiger charge is 2.10. The second-order valence-corrected chi connectivity index (χ2v) is 3.28. The Morgan fingerprint density at radius 3 is 2.77 bits per heavy atom. The first-order chi connectivity index (χ1) is 6.29. The van der Waals surface area contributed by atoms with E-state index in [4.69, 9.17) is 10.6 Å². The molecule has 0 amide bonds. The summed E-state index contributed by atoms with van der Waals surface area (Å²) in [6.45, 7) is -0.188. The van der Waals surface area contributed by atoms with E-state index >= 15 is 0 Å². The largest absolute Gasteiger partial charge is 0.396 e. The fourth-order valence-electron chi connectivity index (χ4n) is 1.00. The van der Waals surface area contributed by atoms with Gasteiger partial charge in [-0.3, -0.25) is 0 Å². The van der Waals surface area contributed by atoms with E-state index in [0.29, 0.717) is 0 Å². The summed E-state index contributed by atoms with van der Waals surface area (Å²) in [4.78, 5) is 2.67. The van der Waals surface area contributed by atoms with Crippen molar-refractivity contribution in [1.82, 2.24) is 0 Å². The van der Waals surface area contributed by atoms with Gasteiger partial charge in [-0.25, -0.2) is 0 Å². The molecule has 0 aliphatic rings. The molecule has 5 heteroatoms. The van der Waals surface area contributed by atoms with E-state index in [2.05, 4.69) is 26.0 Å². The summed E-state index contributed by atoms with van der Waals surface area (Å²) < 4.78 is 0.835. The van der Waals surface area contributed by atoms with E-state index in [1.54, 1.807) is 6.07 Å². The predicted molar refractivity (Wildman–Crippen MR) is 53.1 cm³/mol. The molecule has 0 saturated heterocycles. The maximum Gasteiger partial charge on any atom is 0.0867 e. The minimum absolute atomic E-state index is 0.188. The summed E-state index contributed by atoms with van der Waals surface area (Å²) in [5, 5.41) is 12.4. The Bertz CT molecular complexity index is 336. The minimum atomic E-state index is -0.513. The van der Waals surface area contributed by atoms with E-state index in [-0.39, 0.29) is 6.61 Å². The Hall–Kier alpha value is -1.03. The number of rotatable bonds is 3. The Kier molecular flexibility index (Phi) is 3.76. The summed E-state index contributed by atoms with van der Waals surface area (Å²) >= 11 is 3.31. The number of hydrogen-bond acceptors (Lipinski definition) is 2. The molecule has 68 valence electrons. The summed E-state index contributed by atoms with van der Waals surface area (Å²) in [6.07, 6.45) is 0. The van der Waals surface area contributed by atoms with Crippen molar-refractivity contribution in [1.29, 1.82) is 0 Å². The van der Waals surface area contributed by atoms with E-state index in [9.17, 15) is 0 Å². The molecule has 0 heterocycles. The van der Waals surface area contributed by atoms with Crippen molar-refractivity contribution in [2.75, 3.05) is 6.61 Å². The van der Waals surface area contributed by atoms with Crippen molar-refractivity contribution in [3.05, 3.63) is 44.7 Å². The molecule has 1 rings (SSSR count). The molecular formula is C8H8BrN3O. The van der Waals surface area contributed by atoms with Gasteiger partial charge in [0, 0.05) is 9.38 Å². The van der Waals surface area contributed by atoms with Crippen LogP contribution < -0.4 is 0 Å². The van der Waals surface area contributed by atoms with E-state index < -0.39 is 6.04 Å². The van der Waals surface area contributed by atoms with Crippen molar-refractivity contribution in [2.45, 2.75) is 6.04 Å². The van der Waals surface area contributed by atoms with Crippen molar-refractivity contribution in [2.24, 2.45) is 5.11 Å². The molecular weight excluding hydrogens is 234 g/mol. The van der Waals surface area contributed by atoms with Crippen LogP contribution in [0.25, 0.3) is 10.4 Å². The van der Waals surface area contributed by atoms with Crippen LogP contribution in [0.5, 0.6) is 0 Å². The molecule has 1 aromatic rings. The third-order valence-corrected chi connectivity index (χ3v) is 2.35. The van der Waals surface area contributed by atoms with E-state index in [1.165, 1.54) is 0 Å². The lowest BCUT2D eigenvalue weighted by Gasteiger charge is -2.09. The Balaban J connectivity index is 3.04. The first kappa shape index (κ1) is 10.1. The number of hydrogen-bond donors (Lipinski definition) is 1. The number of aliphatic hydroxyl groups is 1. The van der Waals surface area contributed by atoms with Crippen LogP contribution in [0.4, 0.5) is 0 Å². The van der Waals surface area contributed by atoms with Gasteiger partial charge in [0.25, 0.3) is 0 Å². The Morgan fingerprint density at radius 1 is 1.54 bits per heavy atom. The van der Waals surface area contributed by atoms with Gasteiger partial charge in [-0.1, -0.05) is 39.2 Å². The molecule has 1 atom stereocenters. The molecule has 1 unspecified atom stereocenters. The number of azide groups is 1. The highest BCUT2D eigenvalue weighted by Crippen LogP contribution is 2.25. The van der Waals surface area contributed by atoms with Crippen molar-refractivity contribution >= 4 is 15.9 Å². The van der Waals surface area contributed by atoms with E-state index in [1.807, 2.05) is 18.2 Å². The molecule has 1 aromatic carbocycles. The second kappa shape index (κ2) is 4.87. The first-order valence-electron chi connectivity index (χ1n) is 3.69. The fraction of sp³-hybridized carbons (Fsp3) is 0.250. The van der Waals surface area contributed by atoms with Crippen LogP contribution in [0.2, 0.25) is 0 Å². The molecule has 13 heavy (non-hydrogen) atoms. The zero-order valence-corrected chi connectivity index (χ0v) is 8.35. The first-order valence-corrected chi connectivity index (χ1v) is 4.48. The zero-order chi connectivity index (χ0) is 9.68. The third-order valence-electron chi connectivity index (χ3n) is 1.63. The van der Waals surface area contributed by atoms with E-state index in [0.717, 1.165) is 10.0 Å². The van der Waals surface area contributed by atoms with Crippen LogP contribution in [0, 0.1) is 0 Å². The van der Waals surface area contributed by atoms with Gasteiger partial charge in [0.05, 0.1) is 12.6 Å². The van der Waals surface area contributed by atoms with Crippen LogP contribution in [-0.4, -0.2) is 11.7 Å². The molecule has 4 nitrogen and oxygen atoms in total. The summed E-state index contributed by atoms with van der Waals surface area (Å²) in [5.41, 5.74) is 9.05. The van der Waals surface area contributed by atoms with Gasteiger partial charge < -0.3 is 5.11 Å². The van der Waals surface area contributed by atoms with Gasteiger partial charge in [0.1, 0.15) is 0 Å². The fourth-order valence-corrected chi connectivity index (χ4v) is 1.55. The average Bonchev–Trinajstić information content (AvgIpc) is 2.16. The highest BCUT2D eigenvalue weighted by atomic mass is 79.9. The van der Waals surface area contributed by atoms with Gasteiger partial charge in [-0.15, -0.1) is 0 Å². The zero-order valence-electron chi connectivity index (χ0n) is 6.76. The highest BCUT2D eigenvalue weighted by molar-refractivity contribution is 9.10. The smallest absolute Gasteiger partial charge is 0.0867 e. The number of benzene rings is 1. The second-order valence-electron chi connectivity index (χ2n) is 2.42. The van der Waals surface area contributed by atoms with Gasteiger partial charge in [0.15, 0.2) is 0 Å². The maximum atomic E-state index is 8.95. The normalized spacial score (nSPS) is 11.8. The van der Waals surface area contributed by atoms with Gasteiger partial charge in [-0.2, -0.15) is 0 Å². The van der Waals surface area contributed by atoms with Gasteiger partial charge in [0.2, 0.25) is 0 Å².